The maximum Gasteiger partial charge on any atom is 0.263 e. The zero-order chi connectivity index (χ0) is 14.2. The van der Waals surface area contributed by atoms with Gasteiger partial charge >= 0.3 is 0 Å². The molecule has 1 N–H and O–H groups in total. The predicted octanol–water partition coefficient (Wildman–Crippen LogP) is 1.88. The Kier molecular flexibility index (Phi) is 3.02. The fourth-order valence-corrected chi connectivity index (χ4v) is 3.35. The summed E-state index contributed by atoms with van der Waals surface area (Å²) in [6, 6.07) is 12.2. The molecule has 6 heteroatoms. The third-order valence-corrected chi connectivity index (χ3v) is 4.50. The minimum absolute atomic E-state index is 0.222. The van der Waals surface area contributed by atoms with Crippen LogP contribution in [0.15, 0.2) is 58.5 Å². The Labute approximate surface area is 117 Å². The SMILES string of the molecule is CC(N=C1NS(=O)(=O)c2ccccc21)c1ccccn1. The van der Waals surface area contributed by atoms with Gasteiger partial charge in [-0.1, -0.05) is 18.2 Å². The van der Waals surface area contributed by atoms with Crippen molar-refractivity contribution in [2.24, 2.45) is 4.99 Å². The molecule has 0 fully saturated rings. The van der Waals surface area contributed by atoms with Gasteiger partial charge in [-0.3, -0.25) is 14.7 Å². The number of rotatable bonds is 2. The first-order valence-electron chi connectivity index (χ1n) is 6.19. The van der Waals surface area contributed by atoms with Gasteiger partial charge in [0.05, 0.1) is 16.6 Å². The second kappa shape index (κ2) is 4.72. The molecule has 1 atom stereocenters. The third kappa shape index (κ3) is 2.18. The van der Waals surface area contributed by atoms with Crippen LogP contribution >= 0.6 is 0 Å². The number of pyridine rings is 1. The molecule has 0 spiro atoms. The number of aromatic nitrogens is 1. The van der Waals surface area contributed by atoms with Crippen molar-refractivity contribution in [1.29, 1.82) is 0 Å². The van der Waals surface area contributed by atoms with E-state index in [9.17, 15) is 8.42 Å². The molecule has 0 aliphatic carbocycles. The molecule has 20 heavy (non-hydrogen) atoms. The normalized spacial score (nSPS) is 19.4. The fourth-order valence-electron chi connectivity index (χ4n) is 2.11. The van der Waals surface area contributed by atoms with Crippen LogP contribution in [-0.4, -0.2) is 19.2 Å². The largest absolute Gasteiger partial charge is 0.263 e. The van der Waals surface area contributed by atoms with Crippen molar-refractivity contribution in [3.05, 3.63) is 59.9 Å². The maximum atomic E-state index is 12.0. The van der Waals surface area contributed by atoms with Gasteiger partial charge in [-0.15, -0.1) is 0 Å². The smallest absolute Gasteiger partial charge is 0.263 e. The lowest BCUT2D eigenvalue weighted by atomic mass is 10.2. The van der Waals surface area contributed by atoms with Gasteiger partial charge in [0.2, 0.25) is 0 Å². The molecule has 0 bridgehead atoms. The van der Waals surface area contributed by atoms with Gasteiger partial charge in [-0.05, 0) is 31.2 Å². The summed E-state index contributed by atoms with van der Waals surface area (Å²) in [5, 5.41) is 0. The molecule has 1 aliphatic heterocycles. The summed E-state index contributed by atoms with van der Waals surface area (Å²) in [4.78, 5) is 8.95. The number of fused-ring (bicyclic) bond motifs is 1. The topological polar surface area (TPSA) is 71.4 Å². The van der Waals surface area contributed by atoms with Crippen molar-refractivity contribution >= 4 is 15.9 Å². The molecule has 1 aromatic carbocycles. The van der Waals surface area contributed by atoms with Crippen molar-refractivity contribution < 1.29 is 8.42 Å². The number of nitrogens with zero attached hydrogens (tertiary/aromatic N) is 2. The highest BCUT2D eigenvalue weighted by Crippen LogP contribution is 2.24. The molecule has 1 aromatic heterocycles. The van der Waals surface area contributed by atoms with Crippen LogP contribution < -0.4 is 4.72 Å². The van der Waals surface area contributed by atoms with Gasteiger partial charge in [-0.2, -0.15) is 0 Å². The summed E-state index contributed by atoms with van der Waals surface area (Å²) in [7, 11) is -3.48. The number of nitrogens with one attached hydrogen (secondary N) is 1. The number of aliphatic imine (C=N–C) groups is 1. The lowest BCUT2D eigenvalue weighted by Gasteiger charge is -2.07. The number of hydrogen-bond donors (Lipinski definition) is 1. The molecule has 0 amide bonds. The van der Waals surface area contributed by atoms with Gasteiger partial charge in [0.15, 0.2) is 0 Å². The van der Waals surface area contributed by atoms with Crippen molar-refractivity contribution in [3.63, 3.8) is 0 Å². The molecule has 0 saturated heterocycles. The van der Waals surface area contributed by atoms with Gasteiger partial charge in [0.25, 0.3) is 10.0 Å². The number of hydrogen-bond acceptors (Lipinski definition) is 4. The minimum Gasteiger partial charge on any atom is -0.263 e. The van der Waals surface area contributed by atoms with Crippen molar-refractivity contribution in [3.8, 4) is 0 Å². The Bertz CT molecular complexity index is 770. The first kappa shape index (κ1) is 12.8. The predicted molar refractivity (Wildman–Crippen MR) is 76.0 cm³/mol. The first-order chi connectivity index (χ1) is 9.58. The molecule has 1 aliphatic rings. The Hall–Kier alpha value is -2.21. The third-order valence-electron chi connectivity index (χ3n) is 3.10. The van der Waals surface area contributed by atoms with Crippen LogP contribution in [0.25, 0.3) is 0 Å². The van der Waals surface area contributed by atoms with Gasteiger partial charge in [-0.25, -0.2) is 8.42 Å². The van der Waals surface area contributed by atoms with Gasteiger partial charge < -0.3 is 0 Å². The molecular weight excluding hydrogens is 274 g/mol. The van der Waals surface area contributed by atoms with Crippen LogP contribution in [0.1, 0.15) is 24.2 Å². The van der Waals surface area contributed by atoms with E-state index in [0.717, 1.165) is 5.69 Å². The zero-order valence-corrected chi connectivity index (χ0v) is 11.6. The number of benzene rings is 1. The summed E-state index contributed by atoms with van der Waals surface area (Å²) in [6.45, 7) is 1.88. The quantitative estimate of drug-likeness (QED) is 0.916. The summed E-state index contributed by atoms with van der Waals surface area (Å²) < 4.78 is 26.4. The Morgan fingerprint density at radius 1 is 1.15 bits per heavy atom. The summed E-state index contributed by atoms with van der Waals surface area (Å²) in [6.07, 6.45) is 1.69. The summed E-state index contributed by atoms with van der Waals surface area (Å²) in [5.41, 5.74) is 1.40. The fraction of sp³-hybridized carbons (Fsp3) is 0.143. The van der Waals surface area contributed by atoms with Crippen LogP contribution in [-0.2, 0) is 10.0 Å². The van der Waals surface area contributed by atoms with E-state index in [-0.39, 0.29) is 10.9 Å². The highest BCUT2D eigenvalue weighted by atomic mass is 32.2. The number of amidine groups is 1. The standard InChI is InChI=1S/C14H13N3O2S/c1-10(12-7-4-5-9-15-12)16-14-11-6-2-3-8-13(11)20(18,19)17-14/h2-10H,1H3,(H,16,17). The van der Waals surface area contributed by atoms with Crippen LogP contribution in [0.3, 0.4) is 0 Å². The molecule has 3 rings (SSSR count). The Balaban J connectivity index is 2.03. The van der Waals surface area contributed by atoms with Crippen LogP contribution in [0.5, 0.6) is 0 Å². The molecule has 0 radical (unpaired) electrons. The highest BCUT2D eigenvalue weighted by Gasteiger charge is 2.30. The summed E-state index contributed by atoms with van der Waals surface area (Å²) >= 11 is 0. The van der Waals surface area contributed by atoms with Gasteiger partial charge in [0.1, 0.15) is 5.84 Å². The second-order valence-corrected chi connectivity index (χ2v) is 6.16. The monoisotopic (exact) mass is 287 g/mol. The zero-order valence-electron chi connectivity index (χ0n) is 10.8. The number of sulfonamides is 1. The van der Waals surface area contributed by atoms with E-state index in [2.05, 4.69) is 14.7 Å². The van der Waals surface area contributed by atoms with Crippen LogP contribution in [0.2, 0.25) is 0 Å². The van der Waals surface area contributed by atoms with E-state index >= 15 is 0 Å². The van der Waals surface area contributed by atoms with Crippen LogP contribution in [0, 0.1) is 0 Å². The maximum absolute atomic E-state index is 12.0. The lowest BCUT2D eigenvalue weighted by Crippen LogP contribution is -2.22. The lowest BCUT2D eigenvalue weighted by molar-refractivity contribution is 0.595. The molecule has 0 saturated carbocycles. The minimum atomic E-state index is -3.48. The summed E-state index contributed by atoms with van der Waals surface area (Å²) in [5.74, 6) is 0.374. The van der Waals surface area contributed by atoms with Crippen molar-refractivity contribution in [2.75, 3.05) is 0 Å². The van der Waals surface area contributed by atoms with Crippen LogP contribution in [0.4, 0.5) is 0 Å². The molecule has 102 valence electrons. The molecule has 5 nitrogen and oxygen atoms in total. The van der Waals surface area contributed by atoms with Crippen molar-refractivity contribution in [2.45, 2.75) is 17.9 Å². The Morgan fingerprint density at radius 2 is 1.90 bits per heavy atom. The van der Waals surface area contributed by atoms with E-state index in [0.29, 0.717) is 11.4 Å². The van der Waals surface area contributed by atoms with Gasteiger partial charge in [0, 0.05) is 11.8 Å². The Morgan fingerprint density at radius 3 is 2.65 bits per heavy atom. The molecule has 1 unspecified atom stereocenters. The van der Waals surface area contributed by atoms with E-state index in [1.807, 2.05) is 25.1 Å². The van der Waals surface area contributed by atoms with E-state index < -0.39 is 10.0 Å². The van der Waals surface area contributed by atoms with E-state index in [1.165, 1.54) is 0 Å². The molecule has 2 aromatic rings. The average molecular weight is 287 g/mol. The molecular formula is C14H13N3O2S. The highest BCUT2D eigenvalue weighted by molar-refractivity contribution is 7.90. The van der Waals surface area contributed by atoms with E-state index in [1.54, 1.807) is 30.5 Å². The van der Waals surface area contributed by atoms with Crippen molar-refractivity contribution in [1.82, 2.24) is 9.71 Å². The van der Waals surface area contributed by atoms with E-state index in [4.69, 9.17) is 0 Å². The average Bonchev–Trinajstić information content (AvgIpc) is 2.72. The first-order valence-corrected chi connectivity index (χ1v) is 7.67. The second-order valence-electron chi connectivity index (χ2n) is 4.51. The molecule has 2 heterocycles.